The summed E-state index contributed by atoms with van der Waals surface area (Å²) in [6.07, 6.45) is 5.17. The van der Waals surface area contributed by atoms with Crippen LogP contribution in [0.4, 0.5) is 0 Å². The second-order valence-electron chi connectivity index (χ2n) is 7.39. The van der Waals surface area contributed by atoms with Crippen molar-refractivity contribution in [1.29, 1.82) is 0 Å². The fourth-order valence-corrected chi connectivity index (χ4v) is 7.65. The van der Waals surface area contributed by atoms with Gasteiger partial charge in [0.2, 0.25) is 12.3 Å². The fraction of sp³-hybridized carbons (Fsp3) is 0.350. The molecule has 5 rings (SSSR count). The first-order chi connectivity index (χ1) is 14.1. The molecule has 1 spiro atoms. The van der Waals surface area contributed by atoms with E-state index in [1.165, 1.54) is 6.39 Å². The molecule has 0 radical (unpaired) electrons. The monoisotopic (exact) mass is 446 g/mol. The summed E-state index contributed by atoms with van der Waals surface area (Å²) >= 11 is 8.14. The van der Waals surface area contributed by atoms with Crippen LogP contribution in [-0.4, -0.2) is 30.7 Å². The summed E-state index contributed by atoms with van der Waals surface area (Å²) in [5.74, 6) is 1.48. The molecule has 1 saturated carbocycles. The van der Waals surface area contributed by atoms with Crippen molar-refractivity contribution in [2.45, 2.75) is 36.5 Å². The van der Waals surface area contributed by atoms with E-state index >= 15 is 0 Å². The molecular weight excluding hydrogens is 428 g/mol. The van der Waals surface area contributed by atoms with Crippen LogP contribution in [0.3, 0.4) is 0 Å². The van der Waals surface area contributed by atoms with Gasteiger partial charge >= 0.3 is 0 Å². The molecule has 9 heteroatoms. The molecule has 2 aromatic heterocycles. The Kier molecular flexibility index (Phi) is 4.80. The van der Waals surface area contributed by atoms with Crippen molar-refractivity contribution < 1.29 is 8.63 Å². The Morgan fingerprint density at radius 2 is 2.03 bits per heavy atom. The zero-order valence-corrected chi connectivity index (χ0v) is 17.9. The summed E-state index contributed by atoms with van der Waals surface area (Å²) in [6, 6.07) is 9.54. The molecule has 0 amide bonds. The molecule has 0 saturated heterocycles. The predicted molar refractivity (Wildman–Crippen MR) is 117 cm³/mol. The molecule has 6 nitrogen and oxygen atoms in total. The van der Waals surface area contributed by atoms with E-state index in [0.29, 0.717) is 22.5 Å². The number of nitrogens with zero attached hydrogens (tertiary/aromatic N) is 3. The van der Waals surface area contributed by atoms with Crippen LogP contribution < -0.4 is 5.73 Å². The van der Waals surface area contributed by atoms with Gasteiger partial charge in [0.05, 0.1) is 16.8 Å². The number of thiophene rings is 1. The van der Waals surface area contributed by atoms with E-state index in [9.17, 15) is 4.21 Å². The van der Waals surface area contributed by atoms with E-state index in [1.807, 2.05) is 30.3 Å². The number of hydrogen-bond acceptors (Lipinski definition) is 7. The molecule has 29 heavy (non-hydrogen) atoms. The first-order valence-electron chi connectivity index (χ1n) is 9.45. The molecule has 3 aromatic rings. The van der Waals surface area contributed by atoms with Crippen molar-refractivity contribution in [3.8, 4) is 21.9 Å². The number of halogens is 1. The molecular formula is C20H19ClN4O2S2. The molecule has 2 atom stereocenters. The van der Waals surface area contributed by atoms with Crippen molar-refractivity contribution in [1.82, 2.24) is 10.2 Å². The lowest BCUT2D eigenvalue weighted by Crippen LogP contribution is -2.49. The summed E-state index contributed by atoms with van der Waals surface area (Å²) in [5.41, 5.74) is 8.17. The van der Waals surface area contributed by atoms with Crippen LogP contribution in [0.15, 0.2) is 46.1 Å². The topological polar surface area (TPSA) is 94.4 Å². The van der Waals surface area contributed by atoms with E-state index in [4.69, 9.17) is 26.7 Å². The number of amidine groups is 1. The van der Waals surface area contributed by atoms with Gasteiger partial charge in [-0.25, -0.2) is 0 Å². The average molecular weight is 447 g/mol. The van der Waals surface area contributed by atoms with Gasteiger partial charge in [-0.05, 0) is 36.6 Å². The van der Waals surface area contributed by atoms with Crippen molar-refractivity contribution in [3.05, 3.63) is 46.6 Å². The first kappa shape index (κ1) is 19.0. The Hall–Kier alpha value is -2.03. The van der Waals surface area contributed by atoms with Crippen LogP contribution in [0.2, 0.25) is 5.02 Å². The zero-order valence-electron chi connectivity index (χ0n) is 15.5. The van der Waals surface area contributed by atoms with E-state index in [2.05, 4.69) is 10.2 Å². The number of rotatable bonds is 3. The highest BCUT2D eigenvalue weighted by atomic mass is 35.5. The molecule has 1 fully saturated rings. The summed E-state index contributed by atoms with van der Waals surface area (Å²) in [5, 5.41) is 8.33. The highest BCUT2D eigenvalue weighted by molar-refractivity contribution is 7.87. The molecule has 1 aromatic carbocycles. The van der Waals surface area contributed by atoms with Crippen molar-refractivity contribution in [3.63, 3.8) is 0 Å². The number of benzene rings is 1. The van der Waals surface area contributed by atoms with E-state index in [0.717, 1.165) is 46.6 Å². The van der Waals surface area contributed by atoms with Crippen molar-refractivity contribution >= 4 is 39.6 Å². The summed E-state index contributed by atoms with van der Waals surface area (Å²) in [6.45, 7) is 0. The molecule has 3 heterocycles. The molecule has 2 aliphatic rings. The Bertz CT molecular complexity index is 1100. The molecule has 2 N–H and O–H groups in total. The predicted octanol–water partition coefficient (Wildman–Crippen LogP) is 4.59. The van der Waals surface area contributed by atoms with Gasteiger partial charge in [-0.2, -0.15) is 0 Å². The molecule has 0 bridgehead atoms. The van der Waals surface area contributed by atoms with Gasteiger partial charge in [-0.3, -0.25) is 9.20 Å². The summed E-state index contributed by atoms with van der Waals surface area (Å²) in [4.78, 5) is 6.68. The van der Waals surface area contributed by atoms with Crippen molar-refractivity contribution in [2.75, 3.05) is 5.75 Å². The largest absolute Gasteiger partial charge is 0.423 e. The Labute approximate surface area is 179 Å². The fourth-order valence-electron chi connectivity index (χ4n) is 4.16. The second kappa shape index (κ2) is 7.34. The number of aliphatic imine (C=N–C) groups is 1. The quantitative estimate of drug-likeness (QED) is 0.634. The van der Waals surface area contributed by atoms with Crippen LogP contribution in [0.1, 0.15) is 36.6 Å². The van der Waals surface area contributed by atoms with Crippen LogP contribution in [0.25, 0.3) is 21.9 Å². The molecule has 1 aliphatic heterocycles. The Balaban J connectivity index is 1.48. The van der Waals surface area contributed by atoms with Crippen molar-refractivity contribution in [2.24, 2.45) is 10.7 Å². The van der Waals surface area contributed by atoms with Gasteiger partial charge in [0.25, 0.3) is 0 Å². The lowest BCUT2D eigenvalue weighted by atomic mass is 10.1. The summed E-state index contributed by atoms with van der Waals surface area (Å²) < 4.78 is 17.9. The standard InChI is InChI=1S/C20H19ClN4O2S2/c21-14-9-16(12-4-3-5-13(8-12)18-25-23-11-27-18)28-17(14)15-10-29(26)20(19(22)24-15)6-1-2-7-20/h3-5,8-9,11,15H,1-2,6-7,10H2,(H2,22,24). The Morgan fingerprint density at radius 1 is 1.24 bits per heavy atom. The van der Waals surface area contributed by atoms with E-state index < -0.39 is 15.5 Å². The molecule has 150 valence electrons. The number of nitrogens with two attached hydrogens (primary N) is 1. The summed E-state index contributed by atoms with van der Waals surface area (Å²) in [7, 11) is -1.04. The first-order valence-corrected chi connectivity index (χ1v) is 12.0. The third-order valence-corrected chi connectivity index (χ3v) is 9.51. The maximum atomic E-state index is 13.1. The maximum Gasteiger partial charge on any atom is 0.247 e. The smallest absolute Gasteiger partial charge is 0.247 e. The van der Waals surface area contributed by atoms with Crippen LogP contribution >= 0.6 is 22.9 Å². The van der Waals surface area contributed by atoms with Gasteiger partial charge in [-0.1, -0.05) is 36.6 Å². The minimum absolute atomic E-state index is 0.257. The van der Waals surface area contributed by atoms with E-state index in [1.54, 1.807) is 11.3 Å². The minimum Gasteiger partial charge on any atom is -0.423 e. The highest BCUT2D eigenvalue weighted by Gasteiger charge is 2.47. The normalized spacial score (nSPS) is 23.4. The van der Waals surface area contributed by atoms with Gasteiger partial charge < -0.3 is 10.2 Å². The van der Waals surface area contributed by atoms with Gasteiger partial charge in [0.15, 0.2) is 0 Å². The van der Waals surface area contributed by atoms with Crippen LogP contribution in [-0.2, 0) is 10.8 Å². The van der Waals surface area contributed by atoms with E-state index in [-0.39, 0.29) is 6.04 Å². The highest BCUT2D eigenvalue weighted by Crippen LogP contribution is 2.45. The third kappa shape index (κ3) is 3.23. The minimum atomic E-state index is -1.04. The molecule has 2 unspecified atom stereocenters. The number of hydrogen-bond donors (Lipinski definition) is 1. The van der Waals surface area contributed by atoms with Crippen LogP contribution in [0, 0.1) is 0 Å². The second-order valence-corrected chi connectivity index (χ2v) is 10.7. The lowest BCUT2D eigenvalue weighted by molar-refractivity contribution is 0.568. The third-order valence-electron chi connectivity index (χ3n) is 5.69. The van der Waals surface area contributed by atoms with Gasteiger partial charge in [0, 0.05) is 26.1 Å². The average Bonchev–Trinajstić information content (AvgIpc) is 3.47. The number of aromatic nitrogens is 2. The lowest BCUT2D eigenvalue weighted by Gasteiger charge is -2.33. The maximum absolute atomic E-state index is 13.1. The molecule has 1 aliphatic carbocycles. The van der Waals surface area contributed by atoms with Gasteiger partial charge in [0.1, 0.15) is 10.6 Å². The van der Waals surface area contributed by atoms with Crippen LogP contribution in [0.5, 0.6) is 0 Å². The Morgan fingerprint density at radius 3 is 2.76 bits per heavy atom. The SMILES string of the molecule is NC1=NC(c2sc(-c3cccc(-c4nnco4)c3)cc2Cl)CS(=O)C12CCCC2. The van der Waals surface area contributed by atoms with Gasteiger partial charge in [-0.15, -0.1) is 21.5 Å². The zero-order chi connectivity index (χ0) is 20.0.